The zero-order chi connectivity index (χ0) is 25.4. The molecule has 0 radical (unpaired) electrons. The molecule has 5 N–H and O–H groups in total. The molecular weight excluding hydrogens is 470 g/mol. The van der Waals surface area contributed by atoms with Crippen LogP contribution in [-0.4, -0.2) is 45.0 Å². The van der Waals surface area contributed by atoms with E-state index in [1.807, 2.05) is 18.2 Å². The summed E-state index contributed by atoms with van der Waals surface area (Å²) in [6.07, 6.45) is 1.78. The second-order valence-corrected chi connectivity index (χ2v) is 8.88. The summed E-state index contributed by atoms with van der Waals surface area (Å²) in [5.74, 6) is 0.170. The molecule has 2 aromatic carbocycles. The number of amides is 1. The molecule has 0 fully saturated rings. The number of anilines is 2. The molecule has 0 unspecified atom stereocenters. The molecule has 1 amide bonds. The lowest BCUT2D eigenvalue weighted by molar-refractivity contribution is -0.140. The molecule has 0 saturated heterocycles. The number of benzene rings is 2. The van der Waals surface area contributed by atoms with Gasteiger partial charge in [-0.05, 0) is 48.6 Å². The van der Waals surface area contributed by atoms with Gasteiger partial charge >= 0.3 is 5.97 Å². The lowest BCUT2D eigenvalue weighted by Gasteiger charge is -2.12. The number of nitrogen functional groups attached to an aromatic ring is 1. The van der Waals surface area contributed by atoms with Crippen LogP contribution in [-0.2, 0) is 9.53 Å². The summed E-state index contributed by atoms with van der Waals surface area (Å²) in [6.45, 7) is 1.16. The Morgan fingerprint density at radius 3 is 2.49 bits per heavy atom. The maximum absolute atomic E-state index is 12.4. The number of thiophene rings is 1. The predicted molar refractivity (Wildman–Crippen MR) is 137 cm³/mol. The van der Waals surface area contributed by atoms with Gasteiger partial charge in [0.05, 0.1) is 43.5 Å². The van der Waals surface area contributed by atoms with E-state index in [4.69, 9.17) is 20.9 Å². The summed E-state index contributed by atoms with van der Waals surface area (Å²) in [4.78, 5) is 35.5. The molecule has 3 aromatic rings. The third-order valence-electron chi connectivity index (χ3n) is 5.34. The smallest absolute Gasteiger partial charge is 0.305 e. The molecule has 186 valence electrons. The molecule has 0 aliphatic heterocycles. The highest BCUT2D eigenvalue weighted by molar-refractivity contribution is 7.20. The Morgan fingerprint density at radius 1 is 1.00 bits per heavy atom. The number of ketones is 1. The number of ether oxygens (including phenoxy) is 3. The van der Waals surface area contributed by atoms with Gasteiger partial charge in [0.2, 0.25) is 5.91 Å². The number of carbonyl (C=O) groups is 3. The summed E-state index contributed by atoms with van der Waals surface area (Å²) in [6, 6.07) is 10.5. The van der Waals surface area contributed by atoms with Crippen LogP contribution in [0.5, 0.6) is 11.5 Å². The predicted octanol–water partition coefficient (Wildman–Crippen LogP) is 4.00. The van der Waals surface area contributed by atoms with Crippen molar-refractivity contribution in [2.24, 2.45) is 5.73 Å². The van der Waals surface area contributed by atoms with E-state index in [9.17, 15) is 14.4 Å². The first-order valence-electron chi connectivity index (χ1n) is 11.1. The van der Waals surface area contributed by atoms with E-state index in [1.54, 1.807) is 25.3 Å². The van der Waals surface area contributed by atoms with Gasteiger partial charge in [-0.15, -0.1) is 11.3 Å². The number of methoxy groups -OCH3 is 2. The van der Waals surface area contributed by atoms with Gasteiger partial charge < -0.3 is 31.0 Å². The molecule has 0 aliphatic rings. The standard InChI is InChI=1S/C25H29N3O6S/c1-32-20-14-22-16(13-23(35-22)19(29)7-8-24(30)33-2)12-21(20)34-10-4-3-9-28-18-6-5-15(25(27)31)11-17(18)26/h5-6,11-14,28H,3-4,7-10,26H2,1-2H3,(H2,27,31). The monoisotopic (exact) mass is 499 g/mol. The molecule has 0 bridgehead atoms. The zero-order valence-electron chi connectivity index (χ0n) is 19.7. The Morgan fingerprint density at radius 2 is 1.80 bits per heavy atom. The van der Waals surface area contributed by atoms with Crippen LogP contribution in [0, 0.1) is 0 Å². The van der Waals surface area contributed by atoms with Crippen molar-refractivity contribution in [3.05, 3.63) is 46.8 Å². The van der Waals surface area contributed by atoms with Crippen molar-refractivity contribution in [1.29, 1.82) is 0 Å². The van der Waals surface area contributed by atoms with Crippen LogP contribution in [0.25, 0.3) is 10.1 Å². The lowest BCUT2D eigenvalue weighted by Crippen LogP contribution is -2.12. The van der Waals surface area contributed by atoms with Crippen molar-refractivity contribution in [3.8, 4) is 11.5 Å². The number of rotatable bonds is 13. The molecule has 9 nitrogen and oxygen atoms in total. The Balaban J connectivity index is 1.52. The maximum atomic E-state index is 12.4. The normalized spacial score (nSPS) is 10.7. The third kappa shape index (κ3) is 6.86. The fourth-order valence-corrected chi connectivity index (χ4v) is 4.45. The van der Waals surface area contributed by atoms with Gasteiger partial charge in [-0.1, -0.05) is 0 Å². The van der Waals surface area contributed by atoms with Gasteiger partial charge in [-0.3, -0.25) is 14.4 Å². The van der Waals surface area contributed by atoms with Crippen molar-refractivity contribution in [3.63, 3.8) is 0 Å². The molecule has 1 heterocycles. The van der Waals surface area contributed by atoms with Crippen molar-refractivity contribution in [1.82, 2.24) is 0 Å². The number of hydrogen-bond acceptors (Lipinski definition) is 9. The zero-order valence-corrected chi connectivity index (χ0v) is 20.5. The molecule has 35 heavy (non-hydrogen) atoms. The molecule has 1 aromatic heterocycles. The van der Waals surface area contributed by atoms with Crippen LogP contribution in [0.2, 0.25) is 0 Å². The van der Waals surface area contributed by atoms with Crippen LogP contribution in [0.4, 0.5) is 11.4 Å². The molecule has 0 aliphatic carbocycles. The molecule has 0 spiro atoms. The summed E-state index contributed by atoms with van der Waals surface area (Å²) in [7, 11) is 2.87. The van der Waals surface area contributed by atoms with Gasteiger partial charge in [0.25, 0.3) is 0 Å². The first-order chi connectivity index (χ1) is 16.8. The van der Waals surface area contributed by atoms with E-state index in [-0.39, 0.29) is 18.6 Å². The summed E-state index contributed by atoms with van der Waals surface area (Å²) in [5, 5.41) is 4.12. The first kappa shape index (κ1) is 25.8. The number of nitrogens with two attached hydrogens (primary N) is 2. The lowest BCUT2D eigenvalue weighted by atomic mass is 10.1. The Labute approximate surface area is 207 Å². The topological polar surface area (TPSA) is 143 Å². The minimum Gasteiger partial charge on any atom is -0.493 e. The highest BCUT2D eigenvalue weighted by Crippen LogP contribution is 2.37. The van der Waals surface area contributed by atoms with Crippen LogP contribution in [0.1, 0.15) is 45.7 Å². The van der Waals surface area contributed by atoms with Gasteiger partial charge in [0, 0.05) is 29.3 Å². The van der Waals surface area contributed by atoms with Crippen molar-refractivity contribution in [2.75, 3.05) is 38.4 Å². The molecule has 0 atom stereocenters. The molecule has 3 rings (SSSR count). The SMILES string of the molecule is COC(=O)CCC(=O)c1cc2cc(OCCCCNc3ccc(C(N)=O)cc3N)c(OC)cc2s1. The second-order valence-electron chi connectivity index (χ2n) is 7.80. The number of unbranched alkanes of at least 4 members (excludes halogenated alkanes) is 1. The number of fused-ring (bicyclic) bond motifs is 1. The van der Waals surface area contributed by atoms with E-state index in [0.717, 1.165) is 28.6 Å². The van der Waals surface area contributed by atoms with Crippen molar-refractivity contribution < 1.29 is 28.6 Å². The molecule has 10 heteroatoms. The fourth-order valence-electron chi connectivity index (χ4n) is 3.41. The van der Waals surface area contributed by atoms with Gasteiger partial charge in [-0.25, -0.2) is 0 Å². The van der Waals surface area contributed by atoms with Gasteiger partial charge in [-0.2, -0.15) is 0 Å². The van der Waals surface area contributed by atoms with E-state index < -0.39 is 11.9 Å². The van der Waals surface area contributed by atoms with Crippen LogP contribution < -0.4 is 26.3 Å². The van der Waals surface area contributed by atoms with E-state index in [2.05, 4.69) is 10.1 Å². The van der Waals surface area contributed by atoms with E-state index in [1.165, 1.54) is 18.4 Å². The highest BCUT2D eigenvalue weighted by atomic mass is 32.1. The van der Waals surface area contributed by atoms with Crippen molar-refractivity contribution in [2.45, 2.75) is 25.7 Å². The molecular formula is C25H29N3O6S. The number of hydrogen-bond donors (Lipinski definition) is 3. The number of esters is 1. The Bertz CT molecular complexity index is 1220. The van der Waals surface area contributed by atoms with Crippen LogP contribution in [0.3, 0.4) is 0 Å². The summed E-state index contributed by atoms with van der Waals surface area (Å²) in [5.41, 5.74) is 12.8. The van der Waals surface area contributed by atoms with Gasteiger partial charge in [0.1, 0.15) is 0 Å². The average Bonchev–Trinajstić information content (AvgIpc) is 3.27. The number of carbonyl (C=O) groups excluding carboxylic acids is 3. The summed E-state index contributed by atoms with van der Waals surface area (Å²) >= 11 is 1.36. The Kier molecular flexibility index (Phi) is 8.91. The maximum Gasteiger partial charge on any atom is 0.305 e. The van der Waals surface area contributed by atoms with E-state index >= 15 is 0 Å². The van der Waals surface area contributed by atoms with Gasteiger partial charge in [0.15, 0.2) is 17.3 Å². The third-order valence-corrected chi connectivity index (χ3v) is 6.48. The van der Waals surface area contributed by atoms with Crippen LogP contribution >= 0.6 is 11.3 Å². The van der Waals surface area contributed by atoms with Crippen LogP contribution in [0.15, 0.2) is 36.4 Å². The number of Topliss-reactive ketones (excluding diaryl/α,β-unsaturated/α-hetero) is 1. The number of primary amides is 1. The Hall–Kier alpha value is -3.79. The first-order valence-corrected chi connectivity index (χ1v) is 11.9. The average molecular weight is 500 g/mol. The minimum atomic E-state index is -0.516. The largest absolute Gasteiger partial charge is 0.493 e. The highest BCUT2D eigenvalue weighted by Gasteiger charge is 2.15. The fraction of sp³-hybridized carbons (Fsp3) is 0.320. The summed E-state index contributed by atoms with van der Waals surface area (Å²) < 4.78 is 16.9. The van der Waals surface area contributed by atoms with Crippen molar-refractivity contribution >= 4 is 50.5 Å². The quantitative estimate of drug-likeness (QED) is 0.139. The second kappa shape index (κ2) is 12.1. The number of nitrogens with one attached hydrogen (secondary N) is 1. The molecule has 0 saturated carbocycles. The minimum absolute atomic E-state index is 0.0569. The van der Waals surface area contributed by atoms with E-state index in [0.29, 0.717) is 40.8 Å².